The lowest BCUT2D eigenvalue weighted by molar-refractivity contribution is 0.661. The van der Waals surface area contributed by atoms with Crippen LogP contribution in [0.4, 0.5) is 0 Å². The van der Waals surface area contributed by atoms with E-state index in [-0.39, 0.29) is 5.41 Å². The van der Waals surface area contributed by atoms with Crippen molar-refractivity contribution in [1.29, 1.82) is 0 Å². The minimum Gasteiger partial charge on any atom is -0.278 e. The van der Waals surface area contributed by atoms with Crippen LogP contribution in [0.2, 0.25) is 0 Å². The monoisotopic (exact) mass is 559 g/mol. The third kappa shape index (κ3) is 4.81. The molecule has 3 heteroatoms. The fourth-order valence-electron chi connectivity index (χ4n) is 6.21. The predicted octanol–water partition coefficient (Wildman–Crippen LogP) is 10.5. The highest BCUT2D eigenvalue weighted by Crippen LogP contribution is 2.50. The lowest BCUT2D eigenvalue weighted by Crippen LogP contribution is -2.16. The van der Waals surface area contributed by atoms with Gasteiger partial charge in [-0.1, -0.05) is 137 Å². The third-order valence-corrected chi connectivity index (χ3v) is 8.38. The third-order valence-electron chi connectivity index (χ3n) is 8.38. The van der Waals surface area contributed by atoms with Crippen molar-refractivity contribution >= 4 is 39.2 Å². The highest BCUT2D eigenvalue weighted by atomic mass is 15.2. The molecule has 0 N–H and O–H groups in total. The van der Waals surface area contributed by atoms with Crippen molar-refractivity contribution in [2.24, 2.45) is 9.98 Å². The Morgan fingerprint density at radius 1 is 0.605 bits per heavy atom. The molecule has 212 valence electrons. The van der Waals surface area contributed by atoms with Gasteiger partial charge in [0.05, 0.1) is 16.7 Å². The summed E-state index contributed by atoms with van der Waals surface area (Å²) in [5, 5.41) is 2.37. The summed E-state index contributed by atoms with van der Waals surface area (Å²) >= 11 is 0. The van der Waals surface area contributed by atoms with Gasteiger partial charge >= 0.3 is 0 Å². The van der Waals surface area contributed by atoms with E-state index in [1.54, 1.807) is 0 Å². The van der Waals surface area contributed by atoms with E-state index in [0.29, 0.717) is 11.7 Å². The van der Waals surface area contributed by atoms with Crippen molar-refractivity contribution in [2.75, 3.05) is 0 Å². The Morgan fingerprint density at radius 2 is 1.21 bits per heavy atom. The first kappa shape index (κ1) is 28.1. The molecule has 0 bridgehead atoms. The maximum atomic E-state index is 5.19. The Balaban J connectivity index is 0.00000161. The van der Waals surface area contributed by atoms with Crippen LogP contribution in [0.3, 0.4) is 0 Å². The van der Waals surface area contributed by atoms with E-state index < -0.39 is 0 Å². The lowest BCUT2D eigenvalue weighted by Gasteiger charge is -2.21. The molecule has 1 aliphatic rings. The maximum absolute atomic E-state index is 5.19. The highest BCUT2D eigenvalue weighted by molar-refractivity contribution is 6.18. The van der Waals surface area contributed by atoms with Crippen molar-refractivity contribution in [3.8, 4) is 11.1 Å². The van der Waals surface area contributed by atoms with Gasteiger partial charge in [0.15, 0.2) is 0 Å². The van der Waals surface area contributed by atoms with Gasteiger partial charge in [0.1, 0.15) is 0 Å². The molecule has 43 heavy (non-hydrogen) atoms. The zero-order chi connectivity index (χ0) is 30.1. The zero-order valence-electron chi connectivity index (χ0n) is 25.6. The molecule has 1 heterocycles. The molecule has 5 aromatic carbocycles. The first-order chi connectivity index (χ1) is 20.9. The van der Waals surface area contributed by atoms with Crippen LogP contribution in [0.25, 0.3) is 38.6 Å². The van der Waals surface area contributed by atoms with Crippen molar-refractivity contribution in [1.82, 2.24) is 4.57 Å². The standard InChI is InChI=1S/C38H31N3.C2H6/c1-25(27-15-7-5-8-16-27)39-37(40-26(2)28-17-9-6-10-18-28)41-35-22-14-12-20-30(35)32-23-31-29-19-11-13-21-33(29)38(3,4)34(31)24-36(32)41;1-2/h5-24H,1H2,2-4H3;1-2H3/b39-37?,40-26+;. The Labute approximate surface area is 254 Å². The summed E-state index contributed by atoms with van der Waals surface area (Å²) in [5.41, 5.74) is 10.9. The first-order valence-corrected chi connectivity index (χ1v) is 15.0. The molecule has 0 spiro atoms. The van der Waals surface area contributed by atoms with Crippen LogP contribution in [0.1, 0.15) is 56.9 Å². The maximum Gasteiger partial charge on any atom is 0.235 e. The Kier molecular flexibility index (Phi) is 7.41. The molecule has 1 aliphatic carbocycles. The lowest BCUT2D eigenvalue weighted by atomic mass is 9.82. The van der Waals surface area contributed by atoms with E-state index in [4.69, 9.17) is 9.98 Å². The topological polar surface area (TPSA) is 29.6 Å². The molecular formula is C40H37N3. The fraction of sp³-hybridized carbons (Fsp3) is 0.150. The largest absolute Gasteiger partial charge is 0.278 e. The SMILES string of the molecule is C=C(N=C(/N=C(\C)c1ccccc1)n1c2ccccc2c2cc3c(cc21)C(C)(C)c1ccccc1-3)c1ccccc1.CC. The van der Waals surface area contributed by atoms with Gasteiger partial charge in [-0.05, 0) is 58.5 Å². The smallest absolute Gasteiger partial charge is 0.235 e. The highest BCUT2D eigenvalue weighted by Gasteiger charge is 2.36. The molecule has 0 aliphatic heterocycles. The van der Waals surface area contributed by atoms with Gasteiger partial charge in [0.2, 0.25) is 5.96 Å². The number of nitrogens with zero attached hydrogens (tertiary/aromatic N) is 3. The number of hydrogen-bond donors (Lipinski definition) is 0. The quantitative estimate of drug-likeness (QED) is 0.152. The van der Waals surface area contributed by atoms with E-state index >= 15 is 0 Å². The van der Waals surface area contributed by atoms with Crippen LogP contribution in [0, 0.1) is 0 Å². The number of fused-ring (bicyclic) bond motifs is 6. The minimum atomic E-state index is -0.116. The number of aliphatic imine (C=N–C) groups is 2. The summed E-state index contributed by atoms with van der Waals surface area (Å²) < 4.78 is 2.21. The zero-order valence-corrected chi connectivity index (χ0v) is 25.6. The van der Waals surface area contributed by atoms with Crippen molar-refractivity contribution in [2.45, 2.75) is 40.0 Å². The normalized spacial score (nSPS) is 13.8. The number of aromatic nitrogens is 1. The van der Waals surface area contributed by atoms with Crippen molar-refractivity contribution in [3.05, 3.63) is 150 Å². The molecule has 1 aromatic heterocycles. The van der Waals surface area contributed by atoms with E-state index in [1.165, 1.54) is 33.0 Å². The molecule has 0 saturated carbocycles. The van der Waals surface area contributed by atoms with Crippen LogP contribution >= 0.6 is 0 Å². The second-order valence-electron chi connectivity index (χ2n) is 11.2. The van der Waals surface area contributed by atoms with Crippen LogP contribution in [0.5, 0.6) is 0 Å². The number of para-hydroxylation sites is 1. The summed E-state index contributed by atoms with van der Waals surface area (Å²) in [7, 11) is 0. The summed E-state index contributed by atoms with van der Waals surface area (Å²) in [5.74, 6) is 0.597. The molecule has 3 nitrogen and oxygen atoms in total. The van der Waals surface area contributed by atoms with Gasteiger partial charge in [0, 0.05) is 21.9 Å². The van der Waals surface area contributed by atoms with E-state index in [9.17, 15) is 0 Å². The molecular weight excluding hydrogens is 522 g/mol. The molecule has 0 atom stereocenters. The molecule has 0 fully saturated rings. The Bertz CT molecular complexity index is 2020. The van der Waals surface area contributed by atoms with Gasteiger partial charge in [-0.25, -0.2) is 9.98 Å². The van der Waals surface area contributed by atoms with Crippen LogP contribution < -0.4 is 0 Å². The average molecular weight is 560 g/mol. The average Bonchev–Trinajstić information content (AvgIpc) is 3.50. The van der Waals surface area contributed by atoms with Crippen molar-refractivity contribution < 1.29 is 0 Å². The molecule has 0 saturated heterocycles. The van der Waals surface area contributed by atoms with E-state index in [0.717, 1.165) is 27.9 Å². The minimum absolute atomic E-state index is 0.116. The van der Waals surface area contributed by atoms with Gasteiger partial charge in [-0.3, -0.25) is 4.57 Å². The Hall–Kier alpha value is -5.02. The fourth-order valence-corrected chi connectivity index (χ4v) is 6.21. The van der Waals surface area contributed by atoms with E-state index in [2.05, 4.69) is 97.8 Å². The predicted molar refractivity (Wildman–Crippen MR) is 185 cm³/mol. The van der Waals surface area contributed by atoms with Gasteiger partial charge in [0.25, 0.3) is 0 Å². The number of benzene rings is 5. The van der Waals surface area contributed by atoms with Gasteiger partial charge < -0.3 is 0 Å². The van der Waals surface area contributed by atoms with Crippen LogP contribution in [0.15, 0.2) is 138 Å². The second-order valence-corrected chi connectivity index (χ2v) is 11.2. The van der Waals surface area contributed by atoms with Gasteiger partial charge in [-0.15, -0.1) is 0 Å². The molecule has 0 radical (unpaired) electrons. The second kappa shape index (κ2) is 11.3. The summed E-state index contributed by atoms with van der Waals surface area (Å²) in [4.78, 5) is 10.3. The Morgan fingerprint density at radius 3 is 1.93 bits per heavy atom. The van der Waals surface area contributed by atoms with Crippen LogP contribution in [-0.2, 0) is 5.41 Å². The van der Waals surface area contributed by atoms with E-state index in [1.807, 2.05) is 69.3 Å². The first-order valence-electron chi connectivity index (χ1n) is 15.0. The number of hydrogen-bond acceptors (Lipinski definition) is 1. The van der Waals surface area contributed by atoms with Crippen LogP contribution in [-0.4, -0.2) is 16.2 Å². The summed E-state index contributed by atoms with van der Waals surface area (Å²) in [6.07, 6.45) is 0. The number of rotatable bonds is 3. The van der Waals surface area contributed by atoms with Gasteiger partial charge in [-0.2, -0.15) is 0 Å². The summed E-state index contributed by atoms with van der Waals surface area (Å²) in [6, 6.07) is 42.4. The molecule has 0 unspecified atom stereocenters. The summed E-state index contributed by atoms with van der Waals surface area (Å²) in [6.45, 7) is 15.0. The van der Waals surface area contributed by atoms with Crippen molar-refractivity contribution in [3.63, 3.8) is 0 Å². The molecule has 0 amide bonds. The molecule has 6 aromatic rings. The molecule has 7 rings (SSSR count).